The van der Waals surface area contributed by atoms with E-state index in [0.29, 0.717) is 5.92 Å². The van der Waals surface area contributed by atoms with Gasteiger partial charge in [0.1, 0.15) is 6.26 Å². The summed E-state index contributed by atoms with van der Waals surface area (Å²) in [6.45, 7) is 2.15. The van der Waals surface area contributed by atoms with E-state index in [2.05, 4.69) is 36.2 Å². The van der Waals surface area contributed by atoms with E-state index in [1.54, 1.807) is 12.5 Å². The molecule has 78 valence electrons. The Morgan fingerprint density at radius 3 is 2.73 bits per heavy atom. The fraction of sp³-hybridized carbons (Fsp3) is 0.308. The van der Waals surface area contributed by atoms with E-state index in [0.717, 1.165) is 18.7 Å². The van der Waals surface area contributed by atoms with Crippen LogP contribution in [0.2, 0.25) is 0 Å². The van der Waals surface area contributed by atoms with Gasteiger partial charge in [-0.1, -0.05) is 37.3 Å². The number of benzene rings is 1. The lowest BCUT2D eigenvalue weighted by molar-refractivity contribution is 0.446. The summed E-state index contributed by atoms with van der Waals surface area (Å²) in [4.78, 5) is 4.16. The minimum atomic E-state index is 0.389. The van der Waals surface area contributed by atoms with Gasteiger partial charge >= 0.3 is 0 Å². The van der Waals surface area contributed by atoms with Gasteiger partial charge in [0.05, 0.1) is 6.20 Å². The molecule has 0 saturated heterocycles. The first-order chi connectivity index (χ1) is 7.36. The molecule has 0 aliphatic carbocycles. The van der Waals surface area contributed by atoms with Gasteiger partial charge in [-0.2, -0.15) is 0 Å². The first-order valence-electron chi connectivity index (χ1n) is 5.29. The van der Waals surface area contributed by atoms with Crippen molar-refractivity contribution in [2.24, 2.45) is 0 Å². The van der Waals surface area contributed by atoms with E-state index >= 15 is 0 Å². The molecule has 1 heterocycles. The standard InChI is InChI=1S/C13H15NO/c1-11(13-14-9-10-15-13)7-8-12-5-3-2-4-6-12/h2-6,9-11H,7-8H2,1H3. The Hall–Kier alpha value is -1.57. The molecule has 2 heteroatoms. The molecular weight excluding hydrogens is 186 g/mol. The third-order valence-corrected chi connectivity index (χ3v) is 2.58. The monoisotopic (exact) mass is 201 g/mol. The zero-order valence-electron chi connectivity index (χ0n) is 8.89. The van der Waals surface area contributed by atoms with Crippen LogP contribution in [-0.2, 0) is 6.42 Å². The zero-order chi connectivity index (χ0) is 10.5. The van der Waals surface area contributed by atoms with E-state index in [-0.39, 0.29) is 0 Å². The van der Waals surface area contributed by atoms with E-state index in [4.69, 9.17) is 4.42 Å². The van der Waals surface area contributed by atoms with Gasteiger partial charge in [-0.3, -0.25) is 0 Å². The van der Waals surface area contributed by atoms with Crippen LogP contribution < -0.4 is 0 Å². The molecule has 0 radical (unpaired) electrons. The Bertz CT molecular complexity index is 380. The Morgan fingerprint density at radius 2 is 2.07 bits per heavy atom. The number of nitrogens with zero attached hydrogens (tertiary/aromatic N) is 1. The third-order valence-electron chi connectivity index (χ3n) is 2.58. The lowest BCUT2D eigenvalue weighted by Crippen LogP contribution is -1.96. The Morgan fingerprint density at radius 1 is 1.27 bits per heavy atom. The molecule has 1 aromatic heterocycles. The Labute approximate surface area is 90.0 Å². The second kappa shape index (κ2) is 4.78. The smallest absolute Gasteiger partial charge is 0.196 e. The summed E-state index contributed by atoms with van der Waals surface area (Å²) < 4.78 is 5.27. The summed E-state index contributed by atoms with van der Waals surface area (Å²) in [5.74, 6) is 1.23. The molecule has 0 spiro atoms. The van der Waals surface area contributed by atoms with Crippen LogP contribution in [0.25, 0.3) is 0 Å². The molecule has 0 aliphatic heterocycles. The molecular formula is C13H15NO. The fourth-order valence-corrected chi connectivity index (χ4v) is 1.63. The van der Waals surface area contributed by atoms with Crippen molar-refractivity contribution in [2.45, 2.75) is 25.7 Å². The van der Waals surface area contributed by atoms with Crippen molar-refractivity contribution in [3.8, 4) is 0 Å². The van der Waals surface area contributed by atoms with Crippen LogP contribution in [0.1, 0.15) is 30.7 Å². The van der Waals surface area contributed by atoms with Crippen molar-refractivity contribution in [1.82, 2.24) is 4.98 Å². The van der Waals surface area contributed by atoms with Gasteiger partial charge in [-0.25, -0.2) is 4.98 Å². The highest BCUT2D eigenvalue weighted by Crippen LogP contribution is 2.19. The highest BCUT2D eigenvalue weighted by atomic mass is 16.3. The van der Waals surface area contributed by atoms with Crippen molar-refractivity contribution in [3.05, 3.63) is 54.2 Å². The zero-order valence-corrected chi connectivity index (χ0v) is 8.89. The molecule has 0 amide bonds. The average molecular weight is 201 g/mol. The molecule has 15 heavy (non-hydrogen) atoms. The van der Waals surface area contributed by atoms with Gasteiger partial charge in [0, 0.05) is 5.92 Å². The maximum absolute atomic E-state index is 5.27. The number of hydrogen-bond donors (Lipinski definition) is 0. The van der Waals surface area contributed by atoms with E-state index in [1.807, 2.05) is 6.07 Å². The van der Waals surface area contributed by atoms with Crippen LogP contribution >= 0.6 is 0 Å². The predicted octanol–water partition coefficient (Wildman–Crippen LogP) is 3.41. The molecule has 0 saturated carbocycles. The Balaban J connectivity index is 1.89. The molecule has 1 unspecified atom stereocenters. The molecule has 2 nitrogen and oxygen atoms in total. The lowest BCUT2D eigenvalue weighted by atomic mass is 10.0. The second-order valence-electron chi connectivity index (χ2n) is 3.80. The van der Waals surface area contributed by atoms with Crippen LogP contribution in [0.3, 0.4) is 0 Å². The van der Waals surface area contributed by atoms with E-state index in [9.17, 15) is 0 Å². The summed E-state index contributed by atoms with van der Waals surface area (Å²) in [6.07, 6.45) is 5.48. The predicted molar refractivity (Wildman–Crippen MR) is 59.7 cm³/mol. The average Bonchev–Trinajstić information content (AvgIpc) is 2.81. The second-order valence-corrected chi connectivity index (χ2v) is 3.80. The normalized spacial score (nSPS) is 12.6. The minimum absolute atomic E-state index is 0.389. The van der Waals surface area contributed by atoms with Crippen LogP contribution in [0.4, 0.5) is 0 Å². The molecule has 0 aliphatic rings. The summed E-state index contributed by atoms with van der Waals surface area (Å²) in [5, 5.41) is 0. The van der Waals surface area contributed by atoms with Crippen LogP contribution in [0, 0.1) is 0 Å². The van der Waals surface area contributed by atoms with E-state index < -0.39 is 0 Å². The molecule has 0 bridgehead atoms. The van der Waals surface area contributed by atoms with Gasteiger partial charge in [-0.15, -0.1) is 0 Å². The van der Waals surface area contributed by atoms with E-state index in [1.165, 1.54) is 5.56 Å². The number of aryl methyl sites for hydroxylation is 1. The SMILES string of the molecule is CC(CCc1ccccc1)c1ncco1. The van der Waals surface area contributed by atoms with Crippen molar-refractivity contribution < 1.29 is 4.42 Å². The van der Waals surface area contributed by atoms with Crippen LogP contribution in [0.5, 0.6) is 0 Å². The number of oxazole rings is 1. The van der Waals surface area contributed by atoms with Crippen molar-refractivity contribution >= 4 is 0 Å². The topological polar surface area (TPSA) is 26.0 Å². The van der Waals surface area contributed by atoms with Gasteiger partial charge in [0.2, 0.25) is 0 Å². The van der Waals surface area contributed by atoms with Gasteiger partial charge in [0.15, 0.2) is 5.89 Å². The van der Waals surface area contributed by atoms with Crippen LogP contribution in [-0.4, -0.2) is 4.98 Å². The quantitative estimate of drug-likeness (QED) is 0.757. The Kier molecular flexibility index (Phi) is 3.18. The highest BCUT2D eigenvalue weighted by molar-refractivity contribution is 5.15. The number of aromatic nitrogens is 1. The van der Waals surface area contributed by atoms with Gasteiger partial charge < -0.3 is 4.42 Å². The van der Waals surface area contributed by atoms with Gasteiger partial charge in [0.25, 0.3) is 0 Å². The molecule has 0 N–H and O–H groups in total. The number of hydrogen-bond acceptors (Lipinski definition) is 2. The molecule has 1 aromatic carbocycles. The first kappa shape index (κ1) is 9.97. The van der Waals surface area contributed by atoms with Crippen molar-refractivity contribution in [1.29, 1.82) is 0 Å². The molecule has 1 atom stereocenters. The van der Waals surface area contributed by atoms with Crippen molar-refractivity contribution in [3.63, 3.8) is 0 Å². The van der Waals surface area contributed by atoms with Crippen molar-refractivity contribution in [2.75, 3.05) is 0 Å². The molecule has 2 aromatic rings. The maximum Gasteiger partial charge on any atom is 0.196 e. The first-order valence-corrected chi connectivity index (χ1v) is 5.29. The summed E-state index contributed by atoms with van der Waals surface area (Å²) in [5.41, 5.74) is 1.37. The number of rotatable bonds is 4. The highest BCUT2D eigenvalue weighted by Gasteiger charge is 2.09. The minimum Gasteiger partial charge on any atom is -0.449 e. The summed E-state index contributed by atoms with van der Waals surface area (Å²) >= 11 is 0. The third kappa shape index (κ3) is 2.69. The van der Waals surface area contributed by atoms with Gasteiger partial charge in [-0.05, 0) is 18.4 Å². The summed E-state index contributed by atoms with van der Waals surface area (Å²) in [7, 11) is 0. The molecule has 0 fully saturated rings. The summed E-state index contributed by atoms with van der Waals surface area (Å²) in [6, 6.07) is 10.5. The fourth-order valence-electron chi connectivity index (χ4n) is 1.63. The van der Waals surface area contributed by atoms with Crippen LogP contribution in [0.15, 0.2) is 47.2 Å². The molecule has 2 rings (SSSR count). The maximum atomic E-state index is 5.27. The largest absolute Gasteiger partial charge is 0.449 e. The lowest BCUT2D eigenvalue weighted by Gasteiger charge is -2.06.